The number of hydrogen-bond acceptors (Lipinski definition) is 4. The maximum Gasteiger partial charge on any atom is 0.253 e. The van der Waals surface area contributed by atoms with E-state index in [9.17, 15) is 4.79 Å². The molecule has 0 spiro atoms. The molecule has 2 heterocycles. The summed E-state index contributed by atoms with van der Waals surface area (Å²) in [6.45, 7) is 1.56. The first kappa shape index (κ1) is 15.4. The van der Waals surface area contributed by atoms with Crippen LogP contribution in [-0.4, -0.2) is 29.1 Å². The van der Waals surface area contributed by atoms with Crippen LogP contribution in [0.4, 0.5) is 5.82 Å². The number of benzene rings is 2. The first-order valence-corrected chi connectivity index (χ1v) is 8.18. The van der Waals surface area contributed by atoms with Crippen LogP contribution in [0.2, 0.25) is 0 Å². The van der Waals surface area contributed by atoms with E-state index in [1.54, 1.807) is 7.11 Å². The third-order valence-electron chi connectivity index (χ3n) is 4.26. The average Bonchev–Trinajstić information content (AvgIpc) is 3.13. The van der Waals surface area contributed by atoms with Gasteiger partial charge in [0.2, 0.25) is 5.62 Å². The van der Waals surface area contributed by atoms with E-state index in [0.717, 1.165) is 41.1 Å². The molecule has 6 heteroatoms. The van der Waals surface area contributed by atoms with Gasteiger partial charge in [0.05, 0.1) is 19.0 Å². The van der Waals surface area contributed by atoms with Crippen LogP contribution in [0.5, 0.6) is 5.75 Å². The van der Waals surface area contributed by atoms with E-state index in [-0.39, 0.29) is 12.3 Å². The number of aromatic nitrogens is 2. The predicted octanol–water partition coefficient (Wildman–Crippen LogP) is 2.14. The van der Waals surface area contributed by atoms with Gasteiger partial charge in [-0.1, -0.05) is 24.3 Å². The molecule has 1 aromatic heterocycles. The fourth-order valence-corrected chi connectivity index (χ4v) is 3.03. The number of hydrogen-bond donors (Lipinski definition) is 1. The molecule has 1 aliphatic rings. The first-order valence-electron chi connectivity index (χ1n) is 8.18. The third kappa shape index (κ3) is 2.98. The maximum atomic E-state index is 12.4. The molecule has 126 valence electrons. The Hall–Kier alpha value is -3.15. The van der Waals surface area contributed by atoms with Crippen molar-refractivity contribution in [2.45, 2.75) is 13.0 Å². The van der Waals surface area contributed by atoms with Crippen molar-refractivity contribution in [2.75, 3.05) is 19.0 Å². The molecule has 25 heavy (non-hydrogen) atoms. The highest BCUT2D eigenvalue weighted by atomic mass is 16.5. The van der Waals surface area contributed by atoms with Crippen molar-refractivity contribution in [1.82, 2.24) is 9.55 Å². The molecule has 0 fully saturated rings. The number of para-hydroxylation sites is 1. The van der Waals surface area contributed by atoms with Gasteiger partial charge in [0.25, 0.3) is 5.91 Å². The number of carbonyl (C=O) groups is 1. The fraction of sp³-hybridized carbons (Fsp3) is 0.211. The Morgan fingerprint density at radius 2 is 2.04 bits per heavy atom. The number of methoxy groups -OCH3 is 1. The number of rotatable bonds is 3. The Balaban J connectivity index is 1.69. The van der Waals surface area contributed by atoms with Gasteiger partial charge in [-0.05, 0) is 29.8 Å². The van der Waals surface area contributed by atoms with Crippen molar-refractivity contribution < 1.29 is 9.53 Å². The van der Waals surface area contributed by atoms with Gasteiger partial charge in [-0.3, -0.25) is 9.36 Å². The van der Waals surface area contributed by atoms with Crippen molar-refractivity contribution in [1.29, 1.82) is 0 Å². The number of amides is 1. The zero-order chi connectivity index (χ0) is 17.2. The van der Waals surface area contributed by atoms with E-state index >= 15 is 0 Å². The van der Waals surface area contributed by atoms with Gasteiger partial charge in [0.15, 0.2) is 0 Å². The number of anilines is 1. The van der Waals surface area contributed by atoms with E-state index < -0.39 is 0 Å². The summed E-state index contributed by atoms with van der Waals surface area (Å²) < 4.78 is 7.10. The fourth-order valence-electron chi connectivity index (χ4n) is 3.03. The van der Waals surface area contributed by atoms with E-state index in [1.807, 2.05) is 53.1 Å². The Labute approximate surface area is 144 Å². The second-order valence-electron chi connectivity index (χ2n) is 5.89. The summed E-state index contributed by atoms with van der Waals surface area (Å²) in [4.78, 5) is 21.2. The molecule has 0 aliphatic carbocycles. The second-order valence-corrected chi connectivity index (χ2v) is 5.89. The summed E-state index contributed by atoms with van der Waals surface area (Å²) in [6, 6.07) is 15.3. The molecule has 0 atom stereocenters. The minimum Gasteiger partial charge on any atom is -0.497 e. The molecule has 0 unspecified atom stereocenters. The lowest BCUT2D eigenvalue weighted by Crippen LogP contribution is -2.25. The van der Waals surface area contributed by atoms with Crippen LogP contribution in [0, 0.1) is 0 Å². The van der Waals surface area contributed by atoms with Gasteiger partial charge in [0, 0.05) is 18.5 Å². The Bertz CT molecular complexity index is 1010. The van der Waals surface area contributed by atoms with Gasteiger partial charge in [-0.2, -0.15) is 4.99 Å². The Morgan fingerprint density at radius 3 is 2.84 bits per heavy atom. The van der Waals surface area contributed by atoms with E-state index in [1.165, 1.54) is 0 Å². The molecule has 0 saturated carbocycles. The number of fused-ring (bicyclic) bond motifs is 3. The molecule has 1 amide bonds. The third-order valence-corrected chi connectivity index (χ3v) is 4.26. The van der Waals surface area contributed by atoms with Gasteiger partial charge >= 0.3 is 0 Å². The predicted molar refractivity (Wildman–Crippen MR) is 95.5 cm³/mol. The second kappa shape index (κ2) is 6.39. The molecule has 0 saturated heterocycles. The van der Waals surface area contributed by atoms with Crippen LogP contribution in [0.1, 0.15) is 5.56 Å². The summed E-state index contributed by atoms with van der Waals surface area (Å²) in [5.41, 5.74) is 2.19. The molecule has 0 bridgehead atoms. The first-order chi connectivity index (χ1) is 12.2. The molecule has 2 aromatic carbocycles. The van der Waals surface area contributed by atoms with Gasteiger partial charge < -0.3 is 10.1 Å². The average molecular weight is 334 g/mol. The molecule has 6 nitrogen and oxygen atoms in total. The van der Waals surface area contributed by atoms with Crippen LogP contribution < -0.4 is 15.7 Å². The SMILES string of the molecule is COc1ccc(CC(=O)N=c2nc3ccccc3c3n2CCN3)cc1. The normalized spacial score (nSPS) is 13.6. The van der Waals surface area contributed by atoms with Crippen molar-refractivity contribution in [3.63, 3.8) is 0 Å². The minimum absolute atomic E-state index is 0.213. The Morgan fingerprint density at radius 1 is 1.24 bits per heavy atom. The zero-order valence-corrected chi connectivity index (χ0v) is 13.9. The Kier molecular flexibility index (Phi) is 3.93. The smallest absolute Gasteiger partial charge is 0.253 e. The molecular formula is C19H18N4O2. The quantitative estimate of drug-likeness (QED) is 0.797. The van der Waals surface area contributed by atoms with Gasteiger partial charge in [-0.15, -0.1) is 0 Å². The minimum atomic E-state index is -0.213. The number of nitrogens with one attached hydrogen (secondary N) is 1. The molecule has 4 rings (SSSR count). The molecule has 0 radical (unpaired) electrons. The summed E-state index contributed by atoms with van der Waals surface area (Å²) in [5, 5.41) is 4.40. The number of ether oxygens (including phenoxy) is 1. The van der Waals surface area contributed by atoms with Crippen LogP contribution in [-0.2, 0) is 17.8 Å². The highest BCUT2D eigenvalue weighted by molar-refractivity contribution is 5.89. The highest BCUT2D eigenvalue weighted by Gasteiger charge is 2.15. The largest absolute Gasteiger partial charge is 0.497 e. The van der Waals surface area contributed by atoms with Crippen LogP contribution in [0.15, 0.2) is 53.5 Å². The molecule has 1 aliphatic heterocycles. The van der Waals surface area contributed by atoms with Crippen molar-refractivity contribution in [2.24, 2.45) is 4.99 Å². The van der Waals surface area contributed by atoms with Crippen molar-refractivity contribution in [3.05, 3.63) is 59.7 Å². The summed E-state index contributed by atoms with van der Waals surface area (Å²) in [7, 11) is 1.62. The number of carbonyl (C=O) groups excluding carboxylic acids is 1. The highest BCUT2D eigenvalue weighted by Crippen LogP contribution is 2.22. The van der Waals surface area contributed by atoms with Crippen LogP contribution >= 0.6 is 0 Å². The van der Waals surface area contributed by atoms with Crippen LogP contribution in [0.3, 0.4) is 0 Å². The van der Waals surface area contributed by atoms with E-state index in [2.05, 4.69) is 15.3 Å². The van der Waals surface area contributed by atoms with E-state index in [4.69, 9.17) is 4.74 Å². The summed E-state index contributed by atoms with van der Waals surface area (Å²) >= 11 is 0. The lowest BCUT2D eigenvalue weighted by Gasteiger charge is -2.07. The lowest BCUT2D eigenvalue weighted by atomic mass is 10.1. The maximum absolute atomic E-state index is 12.4. The van der Waals surface area contributed by atoms with Gasteiger partial charge in [-0.25, -0.2) is 4.98 Å². The lowest BCUT2D eigenvalue weighted by molar-refractivity contribution is -0.117. The van der Waals surface area contributed by atoms with Crippen molar-refractivity contribution in [3.8, 4) is 5.75 Å². The molecular weight excluding hydrogens is 316 g/mol. The summed E-state index contributed by atoms with van der Waals surface area (Å²) in [6.07, 6.45) is 0.237. The topological polar surface area (TPSA) is 68.5 Å². The van der Waals surface area contributed by atoms with Crippen LogP contribution in [0.25, 0.3) is 10.9 Å². The monoisotopic (exact) mass is 334 g/mol. The molecule has 1 N–H and O–H groups in total. The summed E-state index contributed by atoms with van der Waals surface area (Å²) in [5.74, 6) is 1.53. The van der Waals surface area contributed by atoms with Crippen molar-refractivity contribution >= 4 is 22.6 Å². The molecule has 3 aromatic rings. The van der Waals surface area contributed by atoms with E-state index in [0.29, 0.717) is 5.62 Å². The van der Waals surface area contributed by atoms with Gasteiger partial charge in [0.1, 0.15) is 11.6 Å². The standard InChI is InChI=1S/C19H18N4O2/c1-25-14-8-6-13(7-9-14)12-17(24)22-19-21-16-5-3-2-4-15(16)18-20-10-11-23(18)19/h2-9,20H,10-12H2,1H3. The number of nitrogens with zero attached hydrogens (tertiary/aromatic N) is 3. The zero-order valence-electron chi connectivity index (χ0n) is 13.9.